The van der Waals surface area contributed by atoms with E-state index in [-0.39, 0.29) is 15.9 Å². The zero-order chi connectivity index (χ0) is 44.6. The Hall–Kier alpha value is -2.93. The molecule has 0 aliphatic carbocycles. The number of rotatable bonds is 3. The highest BCUT2D eigenvalue weighted by molar-refractivity contribution is 8.28. The number of hydrogen-bond acceptors (Lipinski definition) is 4. The van der Waals surface area contributed by atoms with Crippen LogP contribution in [-0.2, 0) is 35.4 Å². The van der Waals surface area contributed by atoms with Crippen LogP contribution in [0.3, 0.4) is 0 Å². The van der Waals surface area contributed by atoms with Crippen LogP contribution < -0.4 is 52.6 Å². The Morgan fingerprint density at radius 3 is 0.848 bits per heavy atom. The highest BCUT2D eigenvalue weighted by Crippen LogP contribution is 2.65. The maximum atomic E-state index is 9.36. The smallest absolute Gasteiger partial charge is 0.0644 e. The fourth-order valence-electron chi connectivity index (χ4n) is 7.00. The zero-order valence-corrected chi connectivity index (χ0v) is 29.6. The van der Waals surface area contributed by atoms with Gasteiger partial charge in [0.1, 0.15) is 0 Å². The molecule has 3 aliphatic rings. The van der Waals surface area contributed by atoms with Crippen molar-refractivity contribution in [1.82, 2.24) is 0 Å². The molecule has 46 heavy (non-hydrogen) atoms. The van der Waals surface area contributed by atoms with E-state index in [0.717, 1.165) is 0 Å². The summed E-state index contributed by atoms with van der Waals surface area (Å²) in [6, 6.07) is -9.19. The van der Waals surface area contributed by atoms with E-state index in [9.17, 15) is 8.22 Å². The Morgan fingerprint density at radius 1 is 0.413 bits per heavy atom. The minimum atomic E-state index is -3.87. The second kappa shape index (κ2) is 10.0. The molecule has 0 spiro atoms. The van der Waals surface area contributed by atoms with Crippen LogP contribution in [0.25, 0.3) is 0 Å². The Kier molecular flexibility index (Phi) is 3.81. The normalized spacial score (nSPS) is 27.7. The van der Waals surface area contributed by atoms with Gasteiger partial charge in [-0.1, -0.05) is 126 Å². The molecule has 7 heteroatoms. The second-order valence-corrected chi connectivity index (χ2v) is 24.4. The summed E-state index contributed by atoms with van der Waals surface area (Å²) in [5.41, 5.74) is 3.00. The Morgan fingerprint density at radius 2 is 0.630 bits per heavy atom. The van der Waals surface area contributed by atoms with Crippen molar-refractivity contribution in [2.45, 2.75) is 20.8 Å². The number of hydrogen-bond donors (Lipinski definition) is 0. The Bertz CT molecular complexity index is 2800. The van der Waals surface area contributed by atoms with Gasteiger partial charge in [0.25, 0.3) is 0 Å². The molecule has 6 aromatic rings. The number of aryl methyl sites for hydroxylation is 3. The van der Waals surface area contributed by atoms with Crippen molar-refractivity contribution in [1.29, 1.82) is 0 Å². The van der Waals surface area contributed by atoms with Crippen LogP contribution in [0.5, 0.6) is 0 Å². The maximum Gasteiger partial charge on any atom is 0.0644 e. The van der Waals surface area contributed by atoms with Crippen molar-refractivity contribution in [2.75, 3.05) is 4.90 Å². The lowest BCUT2D eigenvalue weighted by molar-refractivity contribution is 1.31. The zero-order valence-electron chi connectivity index (χ0n) is 39.5. The molecule has 0 fully saturated rings. The quantitative estimate of drug-likeness (QED) is 0.198. The van der Waals surface area contributed by atoms with Crippen LogP contribution in [0.15, 0.2) is 127 Å². The van der Waals surface area contributed by atoms with Crippen LogP contribution in [0, 0.1) is 20.8 Å². The molecule has 1 nitrogen and oxygen atoms in total. The Balaban J connectivity index is 1.63. The van der Waals surface area contributed by atoms with Gasteiger partial charge in [-0.15, -0.1) is 0 Å². The number of anilines is 3. The fourth-order valence-corrected chi connectivity index (χ4v) is 19.5. The van der Waals surface area contributed by atoms with E-state index >= 15 is 0 Å². The molecule has 0 atom stereocenters. The molecule has 9 rings (SSSR count). The molecule has 0 unspecified atom stereocenters. The molecule has 0 bridgehead atoms. The summed E-state index contributed by atoms with van der Waals surface area (Å²) in [5.74, 6) is 0. The van der Waals surface area contributed by atoms with Crippen LogP contribution >= 0.6 is 18.1 Å². The van der Waals surface area contributed by atoms with Gasteiger partial charge in [0, 0.05) is 49.9 Å². The van der Waals surface area contributed by atoms with Crippen molar-refractivity contribution >= 4 is 118 Å². The van der Waals surface area contributed by atoms with Gasteiger partial charge in [-0.2, -0.15) is 0 Å². The van der Waals surface area contributed by atoms with Gasteiger partial charge in [0.15, 0.2) is 0 Å². The lowest BCUT2D eigenvalue weighted by atomic mass is 10.1. The SMILES string of the molecule is [2H]c1c([2H])c([2H])c(P2(=S)c3cc(C)cc4c3N3c5c2cc(C)cc5P(=S)(c2c([2H])c([2H])c([2H])c([2H])c2[2H])c2cc(C)cc(c23)P4(=S)c2c([2H])c([2H])c([2H])c([2H])c2[2H])c([2H])c1[2H]. The predicted molar refractivity (Wildman–Crippen MR) is 214 cm³/mol. The average molecular weight is 717 g/mol. The molecular weight excluding hydrogens is 672 g/mol. The lowest BCUT2D eigenvalue weighted by Crippen LogP contribution is -2.53. The molecule has 0 aromatic heterocycles. The van der Waals surface area contributed by atoms with E-state index in [1.807, 2.05) is 41.3 Å². The standard InChI is InChI=1S/C39H30NP3S3/c1-25-19-31-37-32(20-25)42(45,29-15-9-5-10-16-29)34-22-27(3)24-36-39(34)40(37)38-33(41(31,44)28-13-7-4-8-14-28)21-26(2)23-35(38)43(36,46)30-17-11-6-12-18-30/h4-24H,1-3H3/i4D,5D,6D,7D,8D,9D,10D,11D,12D,13D,14D,15D,16D,17D,18D. The van der Waals surface area contributed by atoms with Crippen molar-refractivity contribution in [3.63, 3.8) is 0 Å². The van der Waals surface area contributed by atoms with Crippen molar-refractivity contribution in [3.8, 4) is 0 Å². The Labute approximate surface area is 307 Å². The van der Waals surface area contributed by atoms with E-state index in [2.05, 4.69) is 0 Å². The largest absolute Gasteiger partial charge is 0.306 e. The topological polar surface area (TPSA) is 3.24 Å². The van der Waals surface area contributed by atoms with E-state index in [1.165, 1.54) is 0 Å². The van der Waals surface area contributed by atoms with Gasteiger partial charge >= 0.3 is 0 Å². The fraction of sp³-hybridized carbons (Fsp3) is 0.0769. The van der Waals surface area contributed by atoms with E-state index in [0.29, 0.717) is 65.6 Å². The first kappa shape index (κ1) is 17.5. The first-order chi connectivity index (χ1) is 28.4. The van der Waals surface area contributed by atoms with Gasteiger partial charge in [-0.25, -0.2) is 0 Å². The molecule has 3 aliphatic heterocycles. The molecular formula is C39H30NP3S3. The lowest BCUT2D eigenvalue weighted by Gasteiger charge is -2.52. The van der Waals surface area contributed by atoms with Crippen molar-refractivity contribution in [3.05, 3.63) is 144 Å². The molecule has 0 amide bonds. The first-order valence-corrected chi connectivity index (χ1v) is 22.6. The number of nitrogens with zero attached hydrogens (tertiary/aromatic N) is 1. The second-order valence-electron chi connectivity index (χ2n) is 11.5. The summed E-state index contributed by atoms with van der Waals surface area (Å²) in [6.45, 7) is 5.38. The average Bonchev–Trinajstić information content (AvgIpc) is 3.21. The molecule has 6 aromatic carbocycles. The summed E-state index contributed by atoms with van der Waals surface area (Å²) in [7, 11) is 0. The predicted octanol–water partition coefficient (Wildman–Crippen LogP) is 6.29. The van der Waals surface area contributed by atoms with Gasteiger partial charge in [-0.05, 0) is 89.8 Å². The van der Waals surface area contributed by atoms with E-state index in [1.54, 1.807) is 20.8 Å². The third-order valence-corrected chi connectivity index (χ3v) is 22.6. The third kappa shape index (κ3) is 3.61. The van der Waals surface area contributed by atoms with Gasteiger partial charge in [-0.3, -0.25) is 0 Å². The van der Waals surface area contributed by atoms with E-state index < -0.39 is 109 Å². The first-order valence-electron chi connectivity index (χ1n) is 21.7. The minimum absolute atomic E-state index is 0.124. The van der Waals surface area contributed by atoms with Crippen molar-refractivity contribution < 1.29 is 20.6 Å². The monoisotopic (exact) mass is 716 g/mol. The summed E-state index contributed by atoms with van der Waals surface area (Å²) in [6.07, 6.45) is 0. The van der Waals surface area contributed by atoms with Gasteiger partial charge in [0.05, 0.1) is 37.6 Å². The van der Waals surface area contributed by atoms with Gasteiger partial charge < -0.3 is 4.90 Å². The van der Waals surface area contributed by atoms with Crippen LogP contribution in [-0.4, -0.2) is 0 Å². The molecule has 0 saturated heterocycles. The summed E-state index contributed by atoms with van der Waals surface area (Å²) >= 11 is 20.8. The van der Waals surface area contributed by atoms with Gasteiger partial charge in [0.2, 0.25) is 0 Å². The minimum Gasteiger partial charge on any atom is -0.306 e. The van der Waals surface area contributed by atoms with Crippen LogP contribution in [0.1, 0.15) is 37.3 Å². The van der Waals surface area contributed by atoms with Crippen molar-refractivity contribution in [2.24, 2.45) is 0 Å². The summed E-state index contributed by atoms with van der Waals surface area (Å²) in [4.78, 5) is 1.93. The molecule has 0 radical (unpaired) electrons. The van der Waals surface area contributed by atoms with Crippen LogP contribution in [0.2, 0.25) is 0 Å². The third-order valence-electron chi connectivity index (χ3n) is 8.75. The van der Waals surface area contributed by atoms with E-state index in [4.69, 9.17) is 47.8 Å². The molecule has 3 heterocycles. The molecule has 0 saturated carbocycles. The molecule has 0 N–H and O–H groups in total. The maximum absolute atomic E-state index is 9.36. The number of benzene rings is 6. The molecule has 224 valence electrons. The van der Waals surface area contributed by atoms with Crippen LogP contribution in [0.4, 0.5) is 17.1 Å². The highest BCUT2D eigenvalue weighted by Gasteiger charge is 2.52. The highest BCUT2D eigenvalue weighted by atomic mass is 32.4. The summed E-state index contributed by atoms with van der Waals surface area (Å²) in [5, 5.41) is 2.11. The summed E-state index contributed by atoms with van der Waals surface area (Å²) < 4.78 is 134.